The molecular weight excluding hydrogens is 219 g/mol. The normalized spacial score (nSPS) is 24.5. The molecule has 0 spiro atoms. The predicted molar refractivity (Wildman–Crippen MR) is 43.1 cm³/mol. The summed E-state index contributed by atoms with van der Waals surface area (Å²) in [4.78, 5) is 21.2. The molecule has 1 aliphatic heterocycles. The van der Waals surface area contributed by atoms with Gasteiger partial charge in [0.2, 0.25) is 0 Å². The first-order valence-electron chi connectivity index (χ1n) is 3.37. The summed E-state index contributed by atoms with van der Waals surface area (Å²) in [5.74, 6) is -2.25. The Bertz CT molecular complexity index is 297. The van der Waals surface area contributed by atoms with Gasteiger partial charge < -0.3 is 14.6 Å². The van der Waals surface area contributed by atoms with E-state index >= 15 is 0 Å². The molecule has 2 unspecified atom stereocenters. The van der Waals surface area contributed by atoms with Crippen molar-refractivity contribution in [2.75, 3.05) is 0 Å². The van der Waals surface area contributed by atoms with Gasteiger partial charge in [-0.3, -0.25) is 0 Å². The van der Waals surface area contributed by atoms with E-state index in [4.69, 9.17) is 23.2 Å². The topological polar surface area (TPSA) is 66.4 Å². The minimum absolute atomic E-state index is 0.114. The second-order valence-electron chi connectivity index (χ2n) is 2.54. The number of ether oxygens (including phenoxy) is 1. The molecule has 0 aromatic carbocycles. The Morgan fingerprint density at radius 3 is 2.54 bits per heavy atom. The van der Waals surface area contributed by atoms with Crippen molar-refractivity contribution in [3.05, 3.63) is 10.6 Å². The average molecular weight is 224 g/mol. The fourth-order valence-corrected chi connectivity index (χ4v) is 1.34. The molecule has 0 amide bonds. The highest BCUT2D eigenvalue weighted by molar-refractivity contribution is 6.42. The molecule has 0 saturated carbocycles. The quantitative estimate of drug-likeness (QED) is 0.480. The van der Waals surface area contributed by atoms with Gasteiger partial charge in [-0.15, -0.1) is 11.6 Å². The van der Waals surface area contributed by atoms with Crippen LogP contribution in [-0.4, -0.2) is 23.4 Å². The molecule has 6 heteroatoms. The first kappa shape index (κ1) is 10.3. The minimum Gasteiger partial charge on any atom is -0.548 e. The largest absolute Gasteiger partial charge is 0.548 e. The van der Waals surface area contributed by atoms with Crippen LogP contribution in [0.1, 0.15) is 6.92 Å². The van der Waals surface area contributed by atoms with E-state index in [2.05, 4.69) is 4.74 Å². The summed E-state index contributed by atoms with van der Waals surface area (Å²) in [7, 11) is 0. The van der Waals surface area contributed by atoms with E-state index in [1.54, 1.807) is 0 Å². The third kappa shape index (κ3) is 1.78. The lowest BCUT2D eigenvalue weighted by atomic mass is 10.1. The summed E-state index contributed by atoms with van der Waals surface area (Å²) in [6.45, 7) is 1.48. The van der Waals surface area contributed by atoms with E-state index in [1.807, 2.05) is 0 Å². The van der Waals surface area contributed by atoms with Gasteiger partial charge in [-0.2, -0.15) is 0 Å². The highest BCUT2D eigenvalue weighted by Gasteiger charge is 2.35. The molecule has 72 valence electrons. The first-order chi connectivity index (χ1) is 5.95. The number of hydrogen-bond donors (Lipinski definition) is 0. The molecule has 1 aliphatic rings. The summed E-state index contributed by atoms with van der Waals surface area (Å²) in [6.07, 6.45) is -1.02. The number of alkyl halides is 1. The van der Waals surface area contributed by atoms with Crippen LogP contribution in [0.3, 0.4) is 0 Å². The van der Waals surface area contributed by atoms with Gasteiger partial charge in [0.15, 0.2) is 0 Å². The van der Waals surface area contributed by atoms with E-state index in [-0.39, 0.29) is 5.03 Å². The Kier molecular flexibility index (Phi) is 2.83. The van der Waals surface area contributed by atoms with E-state index in [9.17, 15) is 14.7 Å². The van der Waals surface area contributed by atoms with Crippen molar-refractivity contribution in [2.45, 2.75) is 18.4 Å². The van der Waals surface area contributed by atoms with Crippen LogP contribution < -0.4 is 5.11 Å². The SMILES string of the molecule is CC1=C(Cl)C(=O)OC1C(Cl)C(=O)[O-]. The van der Waals surface area contributed by atoms with Crippen molar-refractivity contribution >= 4 is 35.1 Å². The zero-order valence-electron chi connectivity index (χ0n) is 6.54. The van der Waals surface area contributed by atoms with Crippen LogP contribution in [0.15, 0.2) is 10.6 Å². The molecule has 0 saturated heterocycles. The Morgan fingerprint density at radius 1 is 1.69 bits per heavy atom. The van der Waals surface area contributed by atoms with Crippen LogP contribution >= 0.6 is 23.2 Å². The molecule has 13 heavy (non-hydrogen) atoms. The number of carbonyl (C=O) groups is 2. The summed E-state index contributed by atoms with van der Waals surface area (Å²) < 4.78 is 4.61. The molecular formula is C7H5Cl2O4-. The Hall–Kier alpha value is -0.740. The Balaban J connectivity index is 2.88. The van der Waals surface area contributed by atoms with E-state index in [1.165, 1.54) is 6.92 Å². The van der Waals surface area contributed by atoms with Crippen LogP contribution in [0.2, 0.25) is 0 Å². The van der Waals surface area contributed by atoms with Gasteiger partial charge in [-0.25, -0.2) is 4.79 Å². The van der Waals surface area contributed by atoms with Gasteiger partial charge in [0, 0.05) is 0 Å². The molecule has 2 atom stereocenters. The fraction of sp³-hybridized carbons (Fsp3) is 0.429. The van der Waals surface area contributed by atoms with Crippen LogP contribution in [0.5, 0.6) is 0 Å². The van der Waals surface area contributed by atoms with Crippen molar-refractivity contribution in [2.24, 2.45) is 0 Å². The third-order valence-corrected chi connectivity index (χ3v) is 2.54. The Morgan fingerprint density at radius 2 is 2.23 bits per heavy atom. The van der Waals surface area contributed by atoms with Crippen molar-refractivity contribution in [1.29, 1.82) is 0 Å². The molecule has 0 aliphatic carbocycles. The average Bonchev–Trinajstić information content (AvgIpc) is 2.31. The van der Waals surface area contributed by atoms with Crippen LogP contribution in [-0.2, 0) is 14.3 Å². The van der Waals surface area contributed by atoms with E-state index < -0.39 is 23.4 Å². The molecule has 1 rings (SSSR count). The maximum atomic E-state index is 10.8. The minimum atomic E-state index is -1.50. The second kappa shape index (κ2) is 3.55. The number of halogens is 2. The van der Waals surface area contributed by atoms with Crippen LogP contribution in [0, 0.1) is 0 Å². The molecule has 0 bridgehead atoms. The van der Waals surface area contributed by atoms with Gasteiger partial charge >= 0.3 is 5.97 Å². The number of cyclic esters (lactones) is 1. The highest BCUT2D eigenvalue weighted by atomic mass is 35.5. The molecule has 1 heterocycles. The van der Waals surface area contributed by atoms with Gasteiger partial charge in [0.05, 0.1) is 5.97 Å². The highest BCUT2D eigenvalue weighted by Crippen LogP contribution is 2.28. The fourth-order valence-electron chi connectivity index (χ4n) is 0.944. The zero-order chi connectivity index (χ0) is 10.2. The lowest BCUT2D eigenvalue weighted by Crippen LogP contribution is -2.40. The number of carboxylic acids is 1. The van der Waals surface area contributed by atoms with Crippen LogP contribution in [0.25, 0.3) is 0 Å². The lowest BCUT2D eigenvalue weighted by Gasteiger charge is -2.18. The number of esters is 1. The van der Waals surface area contributed by atoms with Crippen molar-refractivity contribution in [3.63, 3.8) is 0 Å². The zero-order valence-corrected chi connectivity index (χ0v) is 8.06. The monoisotopic (exact) mass is 223 g/mol. The first-order valence-corrected chi connectivity index (χ1v) is 4.18. The number of rotatable bonds is 2. The number of carbonyl (C=O) groups excluding carboxylic acids is 2. The number of carboxylic acid groups (broad SMARTS) is 1. The molecule has 4 nitrogen and oxygen atoms in total. The lowest BCUT2D eigenvalue weighted by molar-refractivity contribution is -0.306. The second-order valence-corrected chi connectivity index (χ2v) is 3.39. The summed E-state index contributed by atoms with van der Waals surface area (Å²) in [5.41, 5.74) is 0.316. The maximum Gasteiger partial charge on any atom is 0.350 e. The van der Waals surface area contributed by atoms with E-state index in [0.29, 0.717) is 5.57 Å². The standard InChI is InChI=1S/C7H6Cl2O4/c1-2-3(8)7(12)13-5(2)4(9)6(10)11/h4-5H,1H3,(H,10,11)/p-1. The van der Waals surface area contributed by atoms with Gasteiger partial charge in [-0.05, 0) is 12.5 Å². The van der Waals surface area contributed by atoms with Crippen LogP contribution in [0.4, 0.5) is 0 Å². The maximum absolute atomic E-state index is 10.8. The molecule has 0 N–H and O–H groups in total. The molecule has 0 aromatic heterocycles. The number of aliphatic carboxylic acids is 1. The van der Waals surface area contributed by atoms with E-state index in [0.717, 1.165) is 0 Å². The van der Waals surface area contributed by atoms with Crippen molar-refractivity contribution < 1.29 is 19.4 Å². The third-order valence-electron chi connectivity index (χ3n) is 1.68. The summed E-state index contributed by atoms with van der Waals surface area (Å²) >= 11 is 10.9. The number of hydrogen-bond acceptors (Lipinski definition) is 4. The van der Waals surface area contributed by atoms with Crippen molar-refractivity contribution in [1.82, 2.24) is 0 Å². The Labute approximate surface area is 84.1 Å². The predicted octanol–water partition coefficient (Wildman–Crippen LogP) is -0.218. The van der Waals surface area contributed by atoms with Crippen molar-refractivity contribution in [3.8, 4) is 0 Å². The van der Waals surface area contributed by atoms with Gasteiger partial charge in [0.25, 0.3) is 0 Å². The summed E-state index contributed by atoms with van der Waals surface area (Å²) in [5, 5.41) is 8.83. The van der Waals surface area contributed by atoms with Gasteiger partial charge in [0.1, 0.15) is 16.5 Å². The molecule has 0 fully saturated rings. The smallest absolute Gasteiger partial charge is 0.350 e. The van der Waals surface area contributed by atoms with Gasteiger partial charge in [-0.1, -0.05) is 11.6 Å². The summed E-state index contributed by atoms with van der Waals surface area (Å²) in [6, 6.07) is 0. The molecule has 0 aromatic rings. The molecule has 0 radical (unpaired) electrons.